The molecule has 0 spiro atoms. The van der Waals surface area contributed by atoms with Crippen molar-refractivity contribution in [2.75, 3.05) is 0 Å². The number of halogens is 1. The molecule has 0 amide bonds. The summed E-state index contributed by atoms with van der Waals surface area (Å²) in [5.41, 5.74) is 1.33. The number of hydrogen-bond donors (Lipinski definition) is 0. The highest BCUT2D eigenvalue weighted by Crippen LogP contribution is 2.06. The first-order chi connectivity index (χ1) is 6.84. The summed E-state index contributed by atoms with van der Waals surface area (Å²) in [6.45, 7) is 0.942. The van der Waals surface area contributed by atoms with Crippen molar-refractivity contribution >= 4 is 22.6 Å². The molecule has 1 nitrogen and oxygen atoms in total. The monoisotopic (exact) mass is 296 g/mol. The van der Waals surface area contributed by atoms with Crippen molar-refractivity contribution in [2.24, 2.45) is 0 Å². The molecule has 0 N–H and O–H groups in total. The fourth-order valence-electron chi connectivity index (χ4n) is 1.34. The largest absolute Gasteiger partial charge is 0.201 e. The van der Waals surface area contributed by atoms with Crippen molar-refractivity contribution in [1.82, 2.24) is 0 Å². The molecule has 0 saturated heterocycles. The zero-order valence-electron chi connectivity index (χ0n) is 7.73. The average Bonchev–Trinajstić information content (AvgIpc) is 2.23. The van der Waals surface area contributed by atoms with Crippen LogP contribution in [-0.2, 0) is 6.54 Å². The summed E-state index contributed by atoms with van der Waals surface area (Å²) in [7, 11) is 0. The van der Waals surface area contributed by atoms with Gasteiger partial charge in [0.15, 0.2) is 18.9 Å². The number of aromatic nitrogens is 1. The van der Waals surface area contributed by atoms with Crippen molar-refractivity contribution in [1.29, 1.82) is 0 Å². The number of rotatable bonds is 2. The molecule has 0 aliphatic heterocycles. The highest BCUT2D eigenvalue weighted by Gasteiger charge is 1.99. The van der Waals surface area contributed by atoms with Gasteiger partial charge in [-0.1, -0.05) is 18.2 Å². The second kappa shape index (κ2) is 4.55. The molecule has 0 bridgehead atoms. The van der Waals surface area contributed by atoms with Gasteiger partial charge in [0.25, 0.3) is 0 Å². The molecule has 2 aromatic rings. The van der Waals surface area contributed by atoms with Crippen molar-refractivity contribution in [2.45, 2.75) is 6.54 Å². The van der Waals surface area contributed by atoms with Crippen LogP contribution in [0.1, 0.15) is 5.56 Å². The van der Waals surface area contributed by atoms with E-state index in [2.05, 4.69) is 63.8 Å². The topological polar surface area (TPSA) is 3.88 Å². The molecule has 1 heterocycles. The Morgan fingerprint density at radius 3 is 2.21 bits per heavy atom. The van der Waals surface area contributed by atoms with E-state index in [4.69, 9.17) is 0 Å². The summed E-state index contributed by atoms with van der Waals surface area (Å²) in [4.78, 5) is 0. The molecule has 1 aromatic carbocycles. The van der Waals surface area contributed by atoms with Crippen LogP contribution >= 0.6 is 22.6 Å². The third-order valence-corrected chi connectivity index (χ3v) is 2.77. The molecule has 0 radical (unpaired) electrons. The number of pyridine rings is 1. The highest BCUT2D eigenvalue weighted by atomic mass is 127. The Hall–Kier alpha value is -0.900. The predicted molar refractivity (Wildman–Crippen MR) is 64.9 cm³/mol. The first-order valence-electron chi connectivity index (χ1n) is 4.53. The van der Waals surface area contributed by atoms with Gasteiger partial charge in [0.05, 0.1) is 0 Å². The summed E-state index contributed by atoms with van der Waals surface area (Å²) in [6.07, 6.45) is 4.16. The van der Waals surface area contributed by atoms with Crippen molar-refractivity contribution in [3.63, 3.8) is 0 Å². The van der Waals surface area contributed by atoms with Gasteiger partial charge in [0.2, 0.25) is 0 Å². The normalized spacial score (nSPS) is 10.1. The summed E-state index contributed by atoms with van der Waals surface area (Å²) in [5.74, 6) is 0. The van der Waals surface area contributed by atoms with Crippen LogP contribution < -0.4 is 4.57 Å². The lowest BCUT2D eigenvalue weighted by Gasteiger charge is -1.97. The minimum Gasteiger partial charge on any atom is -0.201 e. The maximum atomic E-state index is 2.32. The molecular formula is C12H11IN+. The van der Waals surface area contributed by atoms with Gasteiger partial charge in [-0.05, 0) is 34.7 Å². The molecule has 0 aliphatic carbocycles. The van der Waals surface area contributed by atoms with Gasteiger partial charge in [-0.25, -0.2) is 4.57 Å². The van der Waals surface area contributed by atoms with Crippen LogP contribution in [-0.4, -0.2) is 0 Å². The molecule has 0 atom stereocenters. The average molecular weight is 296 g/mol. The van der Waals surface area contributed by atoms with E-state index in [9.17, 15) is 0 Å². The quantitative estimate of drug-likeness (QED) is 0.592. The summed E-state index contributed by atoms with van der Waals surface area (Å²) >= 11 is 2.32. The Balaban J connectivity index is 2.16. The van der Waals surface area contributed by atoms with Crippen molar-refractivity contribution in [3.05, 3.63) is 64.0 Å². The number of nitrogens with zero attached hydrogens (tertiary/aromatic N) is 1. The summed E-state index contributed by atoms with van der Waals surface area (Å²) in [5, 5.41) is 0. The summed E-state index contributed by atoms with van der Waals surface area (Å²) < 4.78 is 3.45. The first kappa shape index (κ1) is 9.65. The van der Waals surface area contributed by atoms with Crippen LogP contribution in [0.25, 0.3) is 0 Å². The maximum Gasteiger partial charge on any atom is 0.173 e. The Kier molecular flexibility index (Phi) is 3.14. The molecule has 2 rings (SSSR count). The lowest BCUT2D eigenvalue weighted by Crippen LogP contribution is -2.32. The fourth-order valence-corrected chi connectivity index (χ4v) is 1.70. The summed E-state index contributed by atoms with van der Waals surface area (Å²) in [6, 6.07) is 14.7. The third kappa shape index (κ3) is 2.54. The zero-order valence-corrected chi connectivity index (χ0v) is 9.89. The van der Waals surface area contributed by atoms with E-state index in [1.807, 2.05) is 18.2 Å². The Labute approximate surface area is 97.5 Å². The van der Waals surface area contributed by atoms with Gasteiger partial charge in [0, 0.05) is 21.3 Å². The third-order valence-electron chi connectivity index (χ3n) is 2.06. The smallest absolute Gasteiger partial charge is 0.173 e. The van der Waals surface area contributed by atoms with Crippen LogP contribution in [0, 0.1) is 3.57 Å². The van der Waals surface area contributed by atoms with Crippen molar-refractivity contribution < 1.29 is 4.57 Å². The molecular weight excluding hydrogens is 285 g/mol. The predicted octanol–water partition coefficient (Wildman–Crippen LogP) is 2.63. The van der Waals surface area contributed by atoms with Gasteiger partial charge in [0.1, 0.15) is 0 Å². The van der Waals surface area contributed by atoms with E-state index in [1.165, 1.54) is 9.13 Å². The van der Waals surface area contributed by atoms with Gasteiger partial charge in [-0.15, -0.1) is 0 Å². The molecule has 70 valence electrons. The fraction of sp³-hybridized carbons (Fsp3) is 0.0833. The standard InChI is InChI=1S/C12H11IN/c13-12-6-4-11(5-7-12)10-14-8-2-1-3-9-14/h1-9H,10H2/q+1. The van der Waals surface area contributed by atoms with E-state index in [0.29, 0.717) is 0 Å². The van der Waals surface area contributed by atoms with E-state index in [1.54, 1.807) is 0 Å². The van der Waals surface area contributed by atoms with Crippen LogP contribution in [0.2, 0.25) is 0 Å². The van der Waals surface area contributed by atoms with E-state index in [-0.39, 0.29) is 0 Å². The zero-order chi connectivity index (χ0) is 9.80. The second-order valence-corrected chi connectivity index (χ2v) is 4.42. The van der Waals surface area contributed by atoms with E-state index in [0.717, 1.165) is 6.54 Å². The molecule has 0 saturated carbocycles. The highest BCUT2D eigenvalue weighted by molar-refractivity contribution is 14.1. The van der Waals surface area contributed by atoms with Gasteiger partial charge >= 0.3 is 0 Å². The molecule has 0 aliphatic rings. The molecule has 0 unspecified atom stereocenters. The SMILES string of the molecule is Ic1ccc(C[n+]2ccccc2)cc1. The van der Waals surface area contributed by atoms with Crippen molar-refractivity contribution in [3.8, 4) is 0 Å². The van der Waals surface area contributed by atoms with Gasteiger partial charge in [-0.2, -0.15) is 0 Å². The van der Waals surface area contributed by atoms with E-state index < -0.39 is 0 Å². The Bertz CT molecular complexity index is 394. The number of hydrogen-bond acceptors (Lipinski definition) is 0. The number of benzene rings is 1. The van der Waals surface area contributed by atoms with Crippen LogP contribution in [0.15, 0.2) is 54.9 Å². The minimum absolute atomic E-state index is 0.942. The van der Waals surface area contributed by atoms with Gasteiger partial charge in [-0.3, -0.25) is 0 Å². The van der Waals surface area contributed by atoms with Crippen LogP contribution in [0.5, 0.6) is 0 Å². The van der Waals surface area contributed by atoms with Crippen LogP contribution in [0.4, 0.5) is 0 Å². The molecule has 14 heavy (non-hydrogen) atoms. The molecule has 2 heteroatoms. The van der Waals surface area contributed by atoms with E-state index >= 15 is 0 Å². The lowest BCUT2D eigenvalue weighted by molar-refractivity contribution is -0.688. The van der Waals surface area contributed by atoms with Crippen LogP contribution in [0.3, 0.4) is 0 Å². The first-order valence-corrected chi connectivity index (χ1v) is 5.61. The minimum atomic E-state index is 0.942. The second-order valence-electron chi connectivity index (χ2n) is 3.17. The molecule has 0 fully saturated rings. The Morgan fingerprint density at radius 1 is 0.929 bits per heavy atom. The maximum absolute atomic E-state index is 2.32. The van der Waals surface area contributed by atoms with Gasteiger partial charge < -0.3 is 0 Å². The molecule has 1 aromatic heterocycles. The lowest BCUT2D eigenvalue weighted by atomic mass is 10.2. The Morgan fingerprint density at radius 2 is 1.57 bits per heavy atom.